The van der Waals surface area contributed by atoms with Crippen molar-refractivity contribution < 1.29 is 14.6 Å². The highest BCUT2D eigenvalue weighted by Gasteiger charge is 2.20. The first-order valence-corrected chi connectivity index (χ1v) is 10.9. The summed E-state index contributed by atoms with van der Waals surface area (Å²) < 4.78 is 0. The van der Waals surface area contributed by atoms with Crippen molar-refractivity contribution in [3.05, 3.63) is 10.1 Å². The van der Waals surface area contributed by atoms with Gasteiger partial charge in [-0.05, 0) is 37.5 Å². The predicted molar refractivity (Wildman–Crippen MR) is 118 cm³/mol. The maximum atomic E-state index is 12.5. The number of nitrogens with one attached hydrogen (secondary N) is 3. The third-order valence-electron chi connectivity index (χ3n) is 4.73. The zero-order valence-electron chi connectivity index (χ0n) is 18.9. The molecule has 0 rings (SSSR count). The molecule has 0 aliphatic carbocycles. The third kappa shape index (κ3) is 15.5. The lowest BCUT2D eigenvalue weighted by atomic mass is 9.98. The Morgan fingerprint density at radius 1 is 1.10 bits per heavy atom. The van der Waals surface area contributed by atoms with Crippen LogP contribution < -0.4 is 21.8 Å². The van der Waals surface area contributed by atoms with Gasteiger partial charge in [-0.3, -0.25) is 9.59 Å². The van der Waals surface area contributed by atoms with Gasteiger partial charge in [0.15, 0.2) is 5.03 Å². The van der Waals surface area contributed by atoms with E-state index in [2.05, 4.69) is 43.3 Å². The van der Waals surface area contributed by atoms with Crippen LogP contribution in [0.4, 0.5) is 0 Å². The monoisotopic (exact) mass is 428 g/mol. The van der Waals surface area contributed by atoms with Gasteiger partial charge in [-0.15, -0.1) is 0 Å². The van der Waals surface area contributed by atoms with Crippen LogP contribution in [0, 0.1) is 22.0 Å². The van der Waals surface area contributed by atoms with Crippen molar-refractivity contribution in [3.63, 3.8) is 0 Å². The average molecular weight is 429 g/mol. The molecular formula is C20H40N6O4. The van der Waals surface area contributed by atoms with Crippen molar-refractivity contribution in [3.8, 4) is 0 Å². The first-order chi connectivity index (χ1) is 14.1. The Hall–Kier alpha value is -2.39. The number of hydrazine groups is 1. The van der Waals surface area contributed by atoms with Gasteiger partial charge in [0.2, 0.25) is 11.8 Å². The van der Waals surface area contributed by atoms with E-state index in [1.54, 1.807) is 5.43 Å². The van der Waals surface area contributed by atoms with E-state index in [4.69, 9.17) is 5.73 Å². The molecule has 0 aromatic carbocycles. The van der Waals surface area contributed by atoms with Gasteiger partial charge >= 0.3 is 0 Å². The summed E-state index contributed by atoms with van der Waals surface area (Å²) in [5, 5.41) is 15.2. The second-order valence-corrected chi connectivity index (χ2v) is 8.16. The van der Waals surface area contributed by atoms with E-state index in [1.165, 1.54) is 0 Å². The third-order valence-corrected chi connectivity index (χ3v) is 4.73. The molecule has 174 valence electrons. The highest BCUT2D eigenvalue weighted by atomic mass is 16.7. The Morgan fingerprint density at radius 3 is 2.40 bits per heavy atom. The fourth-order valence-corrected chi connectivity index (χ4v) is 2.84. The predicted octanol–water partition coefficient (Wildman–Crippen LogP) is 2.12. The van der Waals surface area contributed by atoms with Gasteiger partial charge in [0.25, 0.3) is 5.96 Å². The quantitative estimate of drug-likeness (QED) is 0.0971. The van der Waals surface area contributed by atoms with Crippen molar-refractivity contribution in [2.24, 2.45) is 22.6 Å². The molecular weight excluding hydrogens is 388 g/mol. The van der Waals surface area contributed by atoms with Gasteiger partial charge in [-0.25, -0.2) is 15.1 Å². The van der Waals surface area contributed by atoms with E-state index in [0.717, 1.165) is 32.1 Å². The Balaban J connectivity index is 4.64. The molecule has 0 aliphatic heterocycles. The zero-order valence-corrected chi connectivity index (χ0v) is 18.9. The number of nitrogens with zero attached hydrogens (tertiary/aromatic N) is 2. The Bertz CT molecular complexity index is 553. The smallest absolute Gasteiger partial charge is 0.251 e. The van der Waals surface area contributed by atoms with Crippen LogP contribution >= 0.6 is 0 Å². The van der Waals surface area contributed by atoms with E-state index in [0.29, 0.717) is 37.6 Å². The number of carbonyl (C=O) groups is 2. The number of guanidine groups is 1. The Morgan fingerprint density at radius 2 is 1.80 bits per heavy atom. The molecule has 2 atom stereocenters. The first-order valence-electron chi connectivity index (χ1n) is 10.9. The Labute approximate surface area is 180 Å². The van der Waals surface area contributed by atoms with Crippen LogP contribution in [0.15, 0.2) is 4.99 Å². The van der Waals surface area contributed by atoms with E-state index in [1.807, 2.05) is 0 Å². The highest BCUT2D eigenvalue weighted by molar-refractivity contribution is 5.87. The van der Waals surface area contributed by atoms with Crippen molar-refractivity contribution in [1.82, 2.24) is 16.1 Å². The lowest BCUT2D eigenvalue weighted by Gasteiger charge is -2.19. The van der Waals surface area contributed by atoms with Gasteiger partial charge < -0.3 is 16.4 Å². The molecule has 0 aromatic rings. The summed E-state index contributed by atoms with van der Waals surface area (Å²) in [6.45, 7) is 9.20. The van der Waals surface area contributed by atoms with Crippen LogP contribution in [0.3, 0.4) is 0 Å². The molecule has 0 bridgehead atoms. The van der Waals surface area contributed by atoms with E-state index >= 15 is 0 Å². The van der Waals surface area contributed by atoms with Crippen LogP contribution in [0.5, 0.6) is 0 Å². The minimum absolute atomic E-state index is 0.139. The number of aliphatic imine (C=N–C) groups is 1. The molecule has 2 amide bonds. The number of nitro groups is 1. The maximum Gasteiger partial charge on any atom is 0.251 e. The minimum atomic E-state index is -0.786. The van der Waals surface area contributed by atoms with Crippen molar-refractivity contribution >= 4 is 17.8 Å². The van der Waals surface area contributed by atoms with Gasteiger partial charge in [0, 0.05) is 19.5 Å². The lowest BCUT2D eigenvalue weighted by Crippen LogP contribution is -2.47. The van der Waals surface area contributed by atoms with Gasteiger partial charge in [-0.1, -0.05) is 52.4 Å². The van der Waals surface area contributed by atoms with Crippen LogP contribution in [-0.2, 0) is 9.59 Å². The highest BCUT2D eigenvalue weighted by Crippen LogP contribution is 2.14. The first kappa shape index (κ1) is 27.6. The summed E-state index contributed by atoms with van der Waals surface area (Å²) in [6, 6.07) is -0.657. The number of hydrogen-bond donors (Lipinski definition) is 4. The summed E-state index contributed by atoms with van der Waals surface area (Å²) in [7, 11) is 0. The van der Waals surface area contributed by atoms with Crippen LogP contribution in [0.2, 0.25) is 0 Å². The number of amides is 2. The second kappa shape index (κ2) is 16.4. The van der Waals surface area contributed by atoms with Crippen molar-refractivity contribution in [2.75, 3.05) is 13.1 Å². The SMILES string of the molecule is CCCCC(C)CCC(=O)N[C@@H](CCCN=C(N)N[N+](=O)[O-])C(=O)NCCC(C)C. The molecule has 10 heteroatoms. The van der Waals surface area contributed by atoms with E-state index in [-0.39, 0.29) is 24.3 Å². The van der Waals surface area contributed by atoms with E-state index in [9.17, 15) is 19.7 Å². The summed E-state index contributed by atoms with van der Waals surface area (Å²) in [5.41, 5.74) is 7.14. The number of unbranched alkanes of at least 4 members (excludes halogenated alkanes) is 1. The number of hydrogen-bond acceptors (Lipinski definition) is 5. The second-order valence-electron chi connectivity index (χ2n) is 8.16. The molecule has 1 unspecified atom stereocenters. The number of rotatable bonds is 16. The van der Waals surface area contributed by atoms with Gasteiger partial charge in [0.1, 0.15) is 6.04 Å². The molecule has 0 fully saturated rings. The summed E-state index contributed by atoms with van der Waals surface area (Å²) in [6.07, 6.45) is 6.25. The summed E-state index contributed by atoms with van der Waals surface area (Å²) >= 11 is 0. The zero-order chi connectivity index (χ0) is 22.9. The molecule has 0 saturated carbocycles. The number of carbonyl (C=O) groups excluding carboxylic acids is 2. The largest absolute Gasteiger partial charge is 0.365 e. The average Bonchev–Trinajstić information content (AvgIpc) is 2.66. The molecule has 0 radical (unpaired) electrons. The van der Waals surface area contributed by atoms with Crippen molar-refractivity contribution in [2.45, 2.75) is 85.1 Å². The molecule has 0 saturated heterocycles. The fraction of sp³-hybridized carbons (Fsp3) is 0.850. The molecule has 0 aliphatic rings. The molecule has 30 heavy (non-hydrogen) atoms. The number of nitrogens with two attached hydrogens (primary N) is 1. The maximum absolute atomic E-state index is 12.5. The van der Waals surface area contributed by atoms with Crippen LogP contribution in [-0.4, -0.2) is 41.9 Å². The Kier molecular flexibility index (Phi) is 15.1. The molecule has 10 nitrogen and oxygen atoms in total. The minimum Gasteiger partial charge on any atom is -0.365 e. The molecule has 0 heterocycles. The fourth-order valence-electron chi connectivity index (χ4n) is 2.84. The normalized spacial score (nSPS) is 13.6. The molecule has 0 aromatic heterocycles. The molecule has 0 spiro atoms. The summed E-state index contributed by atoms with van der Waals surface area (Å²) in [5.74, 6) is 0.293. The standard InChI is InChI=1S/C20H40N6O4/c1-5-6-8-16(4)10-11-18(27)24-17(19(28)22-14-12-15(2)3)9-7-13-23-20(21)25-26(29)30/h15-17H,5-14H2,1-4H3,(H,22,28)(H,24,27)(H3,21,23,25)/t16?,17-/m0/s1. The van der Waals surface area contributed by atoms with Crippen LogP contribution in [0.25, 0.3) is 0 Å². The molecule has 5 N–H and O–H groups in total. The topological polar surface area (TPSA) is 152 Å². The lowest BCUT2D eigenvalue weighted by molar-refractivity contribution is -0.525. The summed E-state index contributed by atoms with van der Waals surface area (Å²) in [4.78, 5) is 39.0. The van der Waals surface area contributed by atoms with Crippen LogP contribution in [0.1, 0.15) is 79.1 Å². The van der Waals surface area contributed by atoms with Gasteiger partial charge in [-0.2, -0.15) is 0 Å². The van der Waals surface area contributed by atoms with E-state index < -0.39 is 11.1 Å². The van der Waals surface area contributed by atoms with Gasteiger partial charge in [0.05, 0.1) is 0 Å². The van der Waals surface area contributed by atoms with Crippen molar-refractivity contribution in [1.29, 1.82) is 0 Å².